The Kier molecular flexibility index (Phi) is 12.0. The molecule has 1 aliphatic heterocycles. The smallest absolute Gasteiger partial charge is 0.276 e. The van der Waals surface area contributed by atoms with Crippen LogP contribution in [-0.4, -0.2) is 94.7 Å². The number of amides is 4. The van der Waals surface area contributed by atoms with Gasteiger partial charge in [-0.15, -0.1) is 0 Å². The number of carbonyl (C=O) groups is 4. The minimum Gasteiger partial charge on any atom is -0.341 e. The summed E-state index contributed by atoms with van der Waals surface area (Å²) in [4.78, 5) is 56.6. The van der Waals surface area contributed by atoms with Gasteiger partial charge < -0.3 is 25.8 Å². The van der Waals surface area contributed by atoms with Gasteiger partial charge in [0.15, 0.2) is 11.9 Å². The van der Waals surface area contributed by atoms with Gasteiger partial charge in [-0.25, -0.2) is 13.4 Å². The number of nitrogens with one attached hydrogen (secondary N) is 3. The average Bonchev–Trinajstić information content (AvgIpc) is 3.53. The van der Waals surface area contributed by atoms with Crippen LogP contribution in [0.5, 0.6) is 0 Å². The molecule has 1 aliphatic carbocycles. The van der Waals surface area contributed by atoms with E-state index in [1.807, 2.05) is 14.0 Å². The van der Waals surface area contributed by atoms with Crippen LogP contribution in [0.4, 0.5) is 14.5 Å². The molecule has 3 N–H and O–H groups in total. The van der Waals surface area contributed by atoms with E-state index in [9.17, 15) is 23.6 Å². The highest BCUT2D eigenvalue weighted by molar-refractivity contribution is 6.01. The fraction of sp³-hybridized carbons (Fsp3) is 0.636. The predicted octanol–water partition coefficient (Wildman–Crippen LogP) is 3.44. The SMILES string of the molecule is CCc1nonc1C(=O)N[C@H](C(=O)Nc1ccc([C@H](C)C(NC(=O)C(C)F)C(=O)N2CCN(C)[C@H](C)C2)cc1F)[C@H]1CC[C@H](C)CC1. The number of nitrogens with zero attached hydrogens (tertiary/aromatic N) is 4. The van der Waals surface area contributed by atoms with Crippen molar-refractivity contribution in [1.29, 1.82) is 0 Å². The summed E-state index contributed by atoms with van der Waals surface area (Å²) in [7, 11) is 1.96. The summed E-state index contributed by atoms with van der Waals surface area (Å²) in [6.07, 6.45) is 1.77. The van der Waals surface area contributed by atoms with E-state index in [4.69, 9.17) is 4.63 Å². The highest BCUT2D eigenvalue weighted by atomic mass is 19.1. The number of aryl methyl sites for hydroxylation is 1. The molecule has 4 rings (SSSR count). The molecule has 47 heavy (non-hydrogen) atoms. The van der Waals surface area contributed by atoms with Crippen LogP contribution in [0, 0.1) is 17.7 Å². The van der Waals surface area contributed by atoms with Gasteiger partial charge >= 0.3 is 0 Å². The highest BCUT2D eigenvalue weighted by Gasteiger charge is 2.37. The molecule has 12 nitrogen and oxygen atoms in total. The lowest BCUT2D eigenvalue weighted by molar-refractivity contribution is -0.140. The lowest BCUT2D eigenvalue weighted by atomic mass is 9.79. The Morgan fingerprint density at radius 1 is 1.02 bits per heavy atom. The number of piperazine rings is 1. The maximum Gasteiger partial charge on any atom is 0.276 e. The van der Waals surface area contributed by atoms with Crippen LogP contribution < -0.4 is 16.0 Å². The summed E-state index contributed by atoms with van der Waals surface area (Å²) in [5, 5.41) is 15.4. The first-order valence-corrected chi connectivity index (χ1v) is 16.5. The lowest BCUT2D eigenvalue weighted by Crippen LogP contribution is -2.58. The van der Waals surface area contributed by atoms with Crippen molar-refractivity contribution in [1.82, 2.24) is 30.7 Å². The number of benzene rings is 1. The normalized spacial score (nSPS) is 22.9. The second kappa shape index (κ2) is 15.8. The van der Waals surface area contributed by atoms with E-state index >= 15 is 4.39 Å². The number of anilines is 1. The Morgan fingerprint density at radius 2 is 1.72 bits per heavy atom. The predicted molar refractivity (Wildman–Crippen MR) is 171 cm³/mol. The molecule has 2 unspecified atom stereocenters. The largest absolute Gasteiger partial charge is 0.341 e. The molecule has 1 saturated carbocycles. The molecular formula is C33H47F2N7O5. The van der Waals surface area contributed by atoms with Gasteiger partial charge in [-0.1, -0.05) is 44.8 Å². The molecule has 0 bridgehead atoms. The molecule has 2 fully saturated rings. The van der Waals surface area contributed by atoms with Crippen LogP contribution in [0.15, 0.2) is 22.8 Å². The molecule has 1 aromatic carbocycles. The Balaban J connectivity index is 1.53. The summed E-state index contributed by atoms with van der Waals surface area (Å²) in [6, 6.07) is 2.14. The van der Waals surface area contributed by atoms with Gasteiger partial charge in [0, 0.05) is 31.6 Å². The van der Waals surface area contributed by atoms with E-state index in [1.54, 1.807) is 24.8 Å². The first-order chi connectivity index (χ1) is 22.3. The molecule has 258 valence electrons. The molecule has 5 atom stereocenters. The van der Waals surface area contributed by atoms with Crippen molar-refractivity contribution >= 4 is 29.3 Å². The van der Waals surface area contributed by atoms with Crippen LogP contribution >= 0.6 is 0 Å². The molecule has 2 heterocycles. The van der Waals surface area contributed by atoms with Gasteiger partial charge in [-0.2, -0.15) is 0 Å². The number of rotatable bonds is 11. The highest BCUT2D eigenvalue weighted by Crippen LogP contribution is 2.32. The molecule has 4 amide bonds. The summed E-state index contributed by atoms with van der Waals surface area (Å²) in [5.74, 6) is -3.64. The van der Waals surface area contributed by atoms with Gasteiger partial charge in [-0.05, 0) is 74.8 Å². The van der Waals surface area contributed by atoms with Crippen LogP contribution in [0.2, 0.25) is 0 Å². The van der Waals surface area contributed by atoms with E-state index in [0.29, 0.717) is 56.1 Å². The van der Waals surface area contributed by atoms with Crippen LogP contribution in [0.3, 0.4) is 0 Å². The van der Waals surface area contributed by atoms with E-state index < -0.39 is 47.7 Å². The number of alkyl halides is 1. The molecule has 0 spiro atoms. The minimum absolute atomic E-state index is 0.00313. The van der Waals surface area contributed by atoms with Gasteiger partial charge in [0.1, 0.15) is 23.6 Å². The quantitative estimate of drug-likeness (QED) is 0.332. The van der Waals surface area contributed by atoms with Gasteiger partial charge in [-0.3, -0.25) is 19.2 Å². The van der Waals surface area contributed by atoms with E-state index in [1.165, 1.54) is 12.1 Å². The second-order valence-corrected chi connectivity index (χ2v) is 13.1. The fourth-order valence-corrected chi connectivity index (χ4v) is 6.27. The maximum atomic E-state index is 15.6. The van der Waals surface area contributed by atoms with Crippen molar-refractivity contribution in [2.45, 2.75) is 96.9 Å². The van der Waals surface area contributed by atoms with E-state index in [2.05, 4.69) is 38.1 Å². The minimum atomic E-state index is -1.84. The molecular weight excluding hydrogens is 612 g/mol. The van der Waals surface area contributed by atoms with Gasteiger partial charge in [0.2, 0.25) is 11.8 Å². The zero-order valence-electron chi connectivity index (χ0n) is 28.0. The zero-order chi connectivity index (χ0) is 34.4. The fourth-order valence-electron chi connectivity index (χ4n) is 6.27. The molecule has 1 aromatic heterocycles. The molecule has 2 aromatic rings. The third-order valence-electron chi connectivity index (χ3n) is 9.68. The van der Waals surface area contributed by atoms with Crippen molar-refractivity contribution in [2.75, 3.05) is 32.0 Å². The van der Waals surface area contributed by atoms with Crippen LogP contribution in [0.25, 0.3) is 0 Å². The zero-order valence-corrected chi connectivity index (χ0v) is 28.0. The van der Waals surface area contributed by atoms with Crippen molar-refractivity contribution in [3.63, 3.8) is 0 Å². The number of carbonyl (C=O) groups excluding carboxylic acids is 4. The Labute approximate surface area is 274 Å². The molecule has 0 radical (unpaired) electrons. The second-order valence-electron chi connectivity index (χ2n) is 13.1. The third-order valence-corrected chi connectivity index (χ3v) is 9.68. The van der Waals surface area contributed by atoms with Gasteiger partial charge in [0.05, 0.1) is 5.69 Å². The molecule has 14 heteroatoms. The Bertz CT molecular complexity index is 1430. The molecule has 1 saturated heterocycles. The number of hydrogen-bond acceptors (Lipinski definition) is 8. The Morgan fingerprint density at radius 3 is 2.34 bits per heavy atom. The summed E-state index contributed by atoms with van der Waals surface area (Å²) in [5.41, 5.74) is 0.641. The standard InChI is InChI=1S/C33H47F2N7O5/c1-7-25-29(40-47-39-25)32(45)38-28(22-10-8-18(2)9-11-22)31(44)36-26-13-12-23(16-24(26)35)20(4)27(37-30(43)21(5)34)33(46)42-15-14-41(6)19(3)17-42/h12-13,16,18-22,27-28H,7-11,14-15,17H2,1-6H3,(H,36,44)(H,37,43)(H,38,45)/t18-,19-,20+,21?,22-,27?,28+/m1/s1. The molecule has 2 aliphatic rings. The topological polar surface area (TPSA) is 150 Å². The number of aromatic nitrogens is 2. The summed E-state index contributed by atoms with van der Waals surface area (Å²) >= 11 is 0. The van der Waals surface area contributed by atoms with Crippen molar-refractivity contribution in [3.05, 3.63) is 41.0 Å². The number of likely N-dealkylation sites (N-methyl/N-ethyl adjacent to an activating group) is 1. The number of halogens is 2. The monoisotopic (exact) mass is 659 g/mol. The summed E-state index contributed by atoms with van der Waals surface area (Å²) in [6.45, 7) is 10.2. The van der Waals surface area contributed by atoms with Crippen molar-refractivity contribution in [2.24, 2.45) is 11.8 Å². The first kappa shape index (κ1) is 35.9. The Hall–Kier alpha value is -3.94. The number of hydrogen-bond donors (Lipinski definition) is 3. The lowest BCUT2D eigenvalue weighted by Gasteiger charge is -2.40. The third kappa shape index (κ3) is 8.70. The van der Waals surface area contributed by atoms with Gasteiger partial charge in [0.25, 0.3) is 11.8 Å². The average molecular weight is 660 g/mol. The first-order valence-electron chi connectivity index (χ1n) is 16.5. The van der Waals surface area contributed by atoms with Crippen molar-refractivity contribution < 1.29 is 32.6 Å². The van der Waals surface area contributed by atoms with Crippen LogP contribution in [0.1, 0.15) is 88.0 Å². The van der Waals surface area contributed by atoms with Crippen molar-refractivity contribution in [3.8, 4) is 0 Å². The van der Waals surface area contributed by atoms with E-state index in [-0.39, 0.29) is 29.2 Å². The van der Waals surface area contributed by atoms with E-state index in [0.717, 1.165) is 19.8 Å². The summed E-state index contributed by atoms with van der Waals surface area (Å²) < 4.78 is 34.3. The maximum absolute atomic E-state index is 15.6. The van der Waals surface area contributed by atoms with Crippen LogP contribution in [-0.2, 0) is 20.8 Å².